The van der Waals surface area contributed by atoms with Crippen LogP contribution in [0.3, 0.4) is 0 Å². The van der Waals surface area contributed by atoms with Crippen LogP contribution >= 0.6 is 0 Å². The predicted octanol–water partition coefficient (Wildman–Crippen LogP) is 1.38. The van der Waals surface area contributed by atoms with Crippen molar-refractivity contribution in [2.24, 2.45) is 0 Å². The molecule has 0 saturated heterocycles. The fourth-order valence-electron chi connectivity index (χ4n) is 1.71. The van der Waals surface area contributed by atoms with Gasteiger partial charge in [-0.25, -0.2) is 0 Å². The number of Topliss-reactive ketones (excluding diaryl/α,β-unsaturated/α-hetero) is 1. The lowest BCUT2D eigenvalue weighted by molar-refractivity contribution is -0.138. The molecule has 0 aromatic heterocycles. The van der Waals surface area contributed by atoms with E-state index in [9.17, 15) is 27.6 Å². The third-order valence-electron chi connectivity index (χ3n) is 2.99. The van der Waals surface area contributed by atoms with Crippen LogP contribution in [0.15, 0.2) is 24.3 Å². The Kier molecular flexibility index (Phi) is 7.90. The molecule has 0 atom stereocenters. The summed E-state index contributed by atoms with van der Waals surface area (Å²) >= 11 is 0. The first-order chi connectivity index (χ1) is 11.7. The second-order valence-corrected chi connectivity index (χ2v) is 5.30. The maximum atomic E-state index is 11.9. The fraction of sp³-hybridized carbons (Fsp3) is 0.438. The van der Waals surface area contributed by atoms with Crippen molar-refractivity contribution in [1.82, 2.24) is 10.6 Å². The van der Waals surface area contributed by atoms with Gasteiger partial charge in [-0.1, -0.05) is 12.1 Å². The van der Waals surface area contributed by atoms with Crippen LogP contribution in [0.5, 0.6) is 5.75 Å². The van der Waals surface area contributed by atoms with E-state index < -0.39 is 31.1 Å². The number of rotatable bonds is 9. The number of halogens is 3. The first-order valence-electron chi connectivity index (χ1n) is 7.47. The zero-order valence-electron chi connectivity index (χ0n) is 13.6. The molecule has 0 bridgehead atoms. The maximum Gasteiger partial charge on any atom is 0.405 e. The molecule has 25 heavy (non-hydrogen) atoms. The maximum absolute atomic E-state index is 11.9. The molecule has 0 radical (unpaired) electrons. The van der Waals surface area contributed by atoms with Crippen LogP contribution in [0.25, 0.3) is 0 Å². The molecule has 0 aliphatic rings. The quantitative estimate of drug-likeness (QED) is 0.697. The molecule has 1 aromatic rings. The third-order valence-corrected chi connectivity index (χ3v) is 2.99. The normalized spacial score (nSPS) is 10.9. The molecule has 0 unspecified atom stereocenters. The predicted molar refractivity (Wildman–Crippen MR) is 83.0 cm³/mol. The zero-order valence-corrected chi connectivity index (χ0v) is 13.6. The summed E-state index contributed by atoms with van der Waals surface area (Å²) < 4.78 is 40.9. The van der Waals surface area contributed by atoms with Crippen molar-refractivity contribution < 1.29 is 32.3 Å². The summed E-state index contributed by atoms with van der Waals surface area (Å²) in [5.41, 5.74) is 0.952. The highest BCUT2D eigenvalue weighted by atomic mass is 19.4. The number of nitrogens with one attached hydrogen (secondary N) is 2. The van der Waals surface area contributed by atoms with Crippen LogP contribution in [0.2, 0.25) is 0 Å². The number of ether oxygens (including phenoxy) is 1. The van der Waals surface area contributed by atoms with Gasteiger partial charge in [-0.05, 0) is 31.0 Å². The van der Waals surface area contributed by atoms with Gasteiger partial charge in [0.25, 0.3) is 5.91 Å². The number of hydrogen-bond donors (Lipinski definition) is 2. The van der Waals surface area contributed by atoms with Crippen molar-refractivity contribution in [3.05, 3.63) is 29.8 Å². The van der Waals surface area contributed by atoms with Crippen LogP contribution in [-0.2, 0) is 20.8 Å². The lowest BCUT2D eigenvalue weighted by atomic mass is 10.1. The summed E-state index contributed by atoms with van der Waals surface area (Å²) in [6.07, 6.45) is -3.44. The minimum Gasteiger partial charge on any atom is -0.484 e. The van der Waals surface area contributed by atoms with E-state index in [0.717, 1.165) is 5.56 Å². The Hall–Kier alpha value is -2.58. The molecular weight excluding hydrogens is 341 g/mol. The molecule has 2 N–H and O–H groups in total. The van der Waals surface area contributed by atoms with Crippen molar-refractivity contribution in [2.45, 2.75) is 25.9 Å². The topological polar surface area (TPSA) is 84.5 Å². The Bertz CT molecular complexity index is 600. The Balaban J connectivity index is 2.27. The molecule has 0 saturated carbocycles. The molecule has 138 valence electrons. The minimum absolute atomic E-state index is 0.0938. The highest BCUT2D eigenvalue weighted by Crippen LogP contribution is 2.13. The van der Waals surface area contributed by atoms with E-state index in [0.29, 0.717) is 18.6 Å². The number of ketones is 1. The van der Waals surface area contributed by atoms with Gasteiger partial charge in [0.1, 0.15) is 18.1 Å². The van der Waals surface area contributed by atoms with Crippen LogP contribution in [0.4, 0.5) is 13.2 Å². The van der Waals surface area contributed by atoms with E-state index in [1.807, 2.05) is 0 Å². The minimum atomic E-state index is -4.50. The zero-order chi connectivity index (χ0) is 18.9. The Labute approximate surface area is 142 Å². The van der Waals surface area contributed by atoms with Crippen LogP contribution in [0, 0.1) is 0 Å². The van der Waals surface area contributed by atoms with E-state index in [4.69, 9.17) is 4.74 Å². The first kappa shape index (κ1) is 20.5. The number of amides is 2. The van der Waals surface area contributed by atoms with Gasteiger partial charge in [-0.3, -0.25) is 9.59 Å². The van der Waals surface area contributed by atoms with Gasteiger partial charge in [0.05, 0.1) is 6.54 Å². The Morgan fingerprint density at radius 2 is 1.68 bits per heavy atom. The molecule has 0 spiro atoms. The third kappa shape index (κ3) is 10.0. The Morgan fingerprint density at radius 3 is 2.24 bits per heavy atom. The number of hydrogen-bond acceptors (Lipinski definition) is 4. The van der Waals surface area contributed by atoms with Gasteiger partial charge >= 0.3 is 6.18 Å². The lowest BCUT2D eigenvalue weighted by Gasteiger charge is -2.10. The monoisotopic (exact) mass is 360 g/mol. The van der Waals surface area contributed by atoms with Crippen molar-refractivity contribution in [2.75, 3.05) is 19.7 Å². The molecule has 0 fully saturated rings. The van der Waals surface area contributed by atoms with Crippen LogP contribution in [0.1, 0.15) is 18.9 Å². The van der Waals surface area contributed by atoms with Crippen molar-refractivity contribution >= 4 is 17.6 Å². The van der Waals surface area contributed by atoms with Gasteiger partial charge in [0.15, 0.2) is 6.61 Å². The molecule has 1 aromatic carbocycles. The largest absolute Gasteiger partial charge is 0.484 e. The highest BCUT2D eigenvalue weighted by molar-refractivity contribution is 5.85. The van der Waals surface area contributed by atoms with E-state index in [2.05, 4.69) is 5.32 Å². The second-order valence-electron chi connectivity index (χ2n) is 5.30. The van der Waals surface area contributed by atoms with Crippen LogP contribution < -0.4 is 15.4 Å². The van der Waals surface area contributed by atoms with Gasteiger partial charge in [-0.2, -0.15) is 13.2 Å². The van der Waals surface area contributed by atoms with E-state index in [-0.39, 0.29) is 12.4 Å². The molecule has 6 nitrogen and oxygen atoms in total. The summed E-state index contributed by atoms with van der Waals surface area (Å²) in [5.74, 6) is -1.07. The van der Waals surface area contributed by atoms with E-state index in [1.165, 1.54) is 6.92 Å². The number of aryl methyl sites for hydroxylation is 1. The summed E-state index contributed by atoms with van der Waals surface area (Å²) in [7, 11) is 0. The number of carbonyl (C=O) groups is 3. The SMILES string of the molecule is CC(=O)CCc1ccc(OCC(=O)NCC(=O)NCC(F)(F)F)cc1. The average Bonchev–Trinajstić information content (AvgIpc) is 2.54. The molecule has 0 heterocycles. The summed E-state index contributed by atoms with van der Waals surface area (Å²) in [6, 6.07) is 6.80. The highest BCUT2D eigenvalue weighted by Gasteiger charge is 2.27. The lowest BCUT2D eigenvalue weighted by Crippen LogP contribution is -2.42. The number of benzene rings is 1. The van der Waals surface area contributed by atoms with E-state index >= 15 is 0 Å². The van der Waals surface area contributed by atoms with Crippen LogP contribution in [-0.4, -0.2) is 43.5 Å². The van der Waals surface area contributed by atoms with E-state index in [1.54, 1.807) is 29.6 Å². The van der Waals surface area contributed by atoms with Gasteiger partial charge < -0.3 is 20.2 Å². The second kappa shape index (κ2) is 9.65. The molecule has 0 aliphatic heterocycles. The average molecular weight is 360 g/mol. The molecular formula is C16H19F3N2O4. The fourth-order valence-corrected chi connectivity index (χ4v) is 1.71. The summed E-state index contributed by atoms with van der Waals surface area (Å²) in [5, 5.41) is 3.79. The molecule has 1 rings (SSSR count). The summed E-state index contributed by atoms with van der Waals surface area (Å²) in [4.78, 5) is 33.5. The molecule has 9 heteroatoms. The Morgan fingerprint density at radius 1 is 1.04 bits per heavy atom. The van der Waals surface area contributed by atoms with Gasteiger partial charge in [0, 0.05) is 6.42 Å². The first-order valence-corrected chi connectivity index (χ1v) is 7.47. The number of carbonyl (C=O) groups excluding carboxylic acids is 3. The van der Waals surface area contributed by atoms with Gasteiger partial charge in [0.2, 0.25) is 5.91 Å². The summed E-state index contributed by atoms with van der Waals surface area (Å²) in [6.45, 7) is -0.880. The van der Waals surface area contributed by atoms with Crippen molar-refractivity contribution in [3.8, 4) is 5.75 Å². The number of alkyl halides is 3. The van der Waals surface area contributed by atoms with Crippen molar-refractivity contribution in [1.29, 1.82) is 0 Å². The standard InChI is InChI=1S/C16H19F3N2O4/c1-11(22)2-3-12-4-6-13(7-5-12)25-9-15(24)20-8-14(23)21-10-16(17,18)19/h4-7H,2-3,8-10H2,1H3,(H,20,24)(H,21,23). The smallest absolute Gasteiger partial charge is 0.405 e. The molecule has 0 aliphatic carbocycles. The van der Waals surface area contributed by atoms with Gasteiger partial charge in [-0.15, -0.1) is 0 Å². The van der Waals surface area contributed by atoms with Crippen molar-refractivity contribution in [3.63, 3.8) is 0 Å². The molecule has 2 amide bonds.